The van der Waals surface area contributed by atoms with Gasteiger partial charge in [-0.15, -0.1) is 0 Å². The van der Waals surface area contributed by atoms with E-state index in [-0.39, 0.29) is 0 Å². The zero-order valence-corrected chi connectivity index (χ0v) is 6.36. The van der Waals surface area contributed by atoms with Crippen LogP contribution in [0.1, 0.15) is 12.8 Å². The third-order valence-electron chi connectivity index (χ3n) is 1.98. The highest BCUT2D eigenvalue weighted by atomic mass is 19.4. The summed E-state index contributed by atoms with van der Waals surface area (Å²) >= 11 is 0. The first kappa shape index (κ1) is 9.33. The standard InChI is InChI=1S/C7H9F3N2/c8-7(9,10)6-5(4-11)2-1-3-12-6/h5-6,12H,1-3H2/t5-,6+/m1/s1. The number of hydrogen-bond acceptors (Lipinski definition) is 2. The Morgan fingerprint density at radius 3 is 2.50 bits per heavy atom. The molecule has 2 atom stereocenters. The highest BCUT2D eigenvalue weighted by Gasteiger charge is 2.45. The van der Waals surface area contributed by atoms with E-state index >= 15 is 0 Å². The van der Waals surface area contributed by atoms with Crippen LogP contribution in [-0.2, 0) is 0 Å². The average molecular weight is 178 g/mol. The van der Waals surface area contributed by atoms with Gasteiger partial charge >= 0.3 is 6.18 Å². The van der Waals surface area contributed by atoms with E-state index in [9.17, 15) is 13.2 Å². The van der Waals surface area contributed by atoms with Gasteiger partial charge in [-0.1, -0.05) is 0 Å². The number of hydrogen-bond donors (Lipinski definition) is 1. The summed E-state index contributed by atoms with van der Waals surface area (Å²) in [7, 11) is 0. The number of halogens is 3. The smallest absolute Gasteiger partial charge is 0.305 e. The molecule has 0 unspecified atom stereocenters. The van der Waals surface area contributed by atoms with Gasteiger partial charge in [-0.25, -0.2) is 0 Å². The van der Waals surface area contributed by atoms with Crippen molar-refractivity contribution in [1.82, 2.24) is 5.32 Å². The molecule has 0 spiro atoms. The predicted molar refractivity (Wildman–Crippen MR) is 36.2 cm³/mol. The quantitative estimate of drug-likeness (QED) is 0.609. The zero-order valence-electron chi connectivity index (χ0n) is 6.36. The monoisotopic (exact) mass is 178 g/mol. The Labute approximate surface area is 68.4 Å². The summed E-state index contributed by atoms with van der Waals surface area (Å²) in [6.07, 6.45) is -3.31. The van der Waals surface area contributed by atoms with Crippen molar-refractivity contribution >= 4 is 0 Å². The van der Waals surface area contributed by atoms with E-state index in [0.29, 0.717) is 19.4 Å². The molecule has 1 aliphatic heterocycles. The first-order valence-electron chi connectivity index (χ1n) is 3.75. The molecule has 1 heterocycles. The van der Waals surface area contributed by atoms with Crippen LogP contribution in [0.15, 0.2) is 0 Å². The van der Waals surface area contributed by atoms with Crippen LogP contribution < -0.4 is 5.32 Å². The number of nitrogens with one attached hydrogen (secondary N) is 1. The summed E-state index contributed by atoms with van der Waals surface area (Å²) in [5.74, 6) is -0.918. The van der Waals surface area contributed by atoms with Crippen LogP contribution in [0.5, 0.6) is 0 Å². The minimum atomic E-state index is -4.29. The molecule has 12 heavy (non-hydrogen) atoms. The average Bonchev–Trinajstić information content (AvgIpc) is 2.03. The van der Waals surface area contributed by atoms with Gasteiger partial charge < -0.3 is 5.32 Å². The van der Waals surface area contributed by atoms with Crippen molar-refractivity contribution < 1.29 is 13.2 Å². The number of rotatable bonds is 0. The van der Waals surface area contributed by atoms with Crippen molar-refractivity contribution in [2.24, 2.45) is 5.92 Å². The summed E-state index contributed by atoms with van der Waals surface area (Å²) in [6, 6.07) is 0.0496. The SMILES string of the molecule is N#C[C@H]1CCCN[C@@H]1C(F)(F)F. The molecular formula is C7H9F3N2. The minimum absolute atomic E-state index is 0.341. The maximum Gasteiger partial charge on any atom is 0.405 e. The summed E-state index contributed by atoms with van der Waals surface area (Å²) in [5.41, 5.74) is 0. The molecule has 1 N–H and O–H groups in total. The van der Waals surface area contributed by atoms with Crippen molar-refractivity contribution in [2.75, 3.05) is 6.54 Å². The lowest BCUT2D eigenvalue weighted by atomic mass is 9.92. The molecule has 2 nitrogen and oxygen atoms in total. The Balaban J connectivity index is 2.67. The molecule has 68 valence electrons. The number of nitrogens with zero attached hydrogens (tertiary/aromatic N) is 1. The number of alkyl halides is 3. The van der Waals surface area contributed by atoms with E-state index in [1.54, 1.807) is 6.07 Å². The van der Waals surface area contributed by atoms with Crippen molar-refractivity contribution in [1.29, 1.82) is 5.26 Å². The molecule has 0 bridgehead atoms. The molecule has 1 rings (SSSR count). The van der Waals surface area contributed by atoms with Gasteiger partial charge in [0.25, 0.3) is 0 Å². The Kier molecular flexibility index (Phi) is 2.58. The Morgan fingerprint density at radius 2 is 2.08 bits per heavy atom. The largest absolute Gasteiger partial charge is 0.405 e. The Hall–Kier alpha value is -0.760. The first-order valence-corrected chi connectivity index (χ1v) is 3.75. The van der Waals surface area contributed by atoms with E-state index in [1.807, 2.05) is 0 Å². The summed E-state index contributed by atoms with van der Waals surface area (Å²) < 4.78 is 36.5. The summed E-state index contributed by atoms with van der Waals surface area (Å²) in [5, 5.41) is 10.7. The molecule has 0 aromatic heterocycles. The van der Waals surface area contributed by atoms with Crippen molar-refractivity contribution in [3.05, 3.63) is 0 Å². The van der Waals surface area contributed by atoms with Crippen molar-refractivity contribution in [2.45, 2.75) is 25.1 Å². The molecule has 0 aliphatic carbocycles. The van der Waals surface area contributed by atoms with E-state index in [4.69, 9.17) is 5.26 Å². The van der Waals surface area contributed by atoms with Crippen LogP contribution in [0.4, 0.5) is 13.2 Å². The Morgan fingerprint density at radius 1 is 1.42 bits per heavy atom. The lowest BCUT2D eigenvalue weighted by Gasteiger charge is -2.29. The third-order valence-corrected chi connectivity index (χ3v) is 1.98. The van der Waals surface area contributed by atoms with Crippen LogP contribution in [-0.4, -0.2) is 18.8 Å². The van der Waals surface area contributed by atoms with Crippen LogP contribution in [0.2, 0.25) is 0 Å². The first-order chi connectivity index (χ1) is 5.55. The molecule has 0 amide bonds. The van der Waals surface area contributed by atoms with Crippen LogP contribution >= 0.6 is 0 Å². The summed E-state index contributed by atoms with van der Waals surface area (Å²) in [6.45, 7) is 0.350. The van der Waals surface area contributed by atoms with Gasteiger partial charge in [-0.05, 0) is 19.4 Å². The van der Waals surface area contributed by atoms with Gasteiger partial charge in [0, 0.05) is 0 Å². The fourth-order valence-corrected chi connectivity index (χ4v) is 1.37. The van der Waals surface area contributed by atoms with Gasteiger partial charge in [0.1, 0.15) is 6.04 Å². The lowest BCUT2D eigenvalue weighted by molar-refractivity contribution is -0.167. The molecule has 0 saturated carbocycles. The van der Waals surface area contributed by atoms with Crippen molar-refractivity contribution in [3.63, 3.8) is 0 Å². The third kappa shape index (κ3) is 1.89. The maximum absolute atomic E-state index is 12.2. The van der Waals surface area contributed by atoms with Gasteiger partial charge in [-0.2, -0.15) is 18.4 Å². The van der Waals surface area contributed by atoms with Crippen LogP contribution in [0.25, 0.3) is 0 Å². The number of nitriles is 1. The molecule has 0 aromatic carbocycles. The van der Waals surface area contributed by atoms with Gasteiger partial charge in [-0.3, -0.25) is 0 Å². The van der Waals surface area contributed by atoms with E-state index in [2.05, 4.69) is 5.32 Å². The van der Waals surface area contributed by atoms with E-state index in [0.717, 1.165) is 0 Å². The molecule has 1 fully saturated rings. The molecule has 0 aromatic rings. The Bertz CT molecular complexity index is 194. The highest BCUT2D eigenvalue weighted by molar-refractivity contribution is 4.97. The van der Waals surface area contributed by atoms with Crippen LogP contribution in [0.3, 0.4) is 0 Å². The lowest BCUT2D eigenvalue weighted by Crippen LogP contribution is -2.50. The highest BCUT2D eigenvalue weighted by Crippen LogP contribution is 2.29. The topological polar surface area (TPSA) is 35.8 Å². The number of piperidine rings is 1. The predicted octanol–water partition coefficient (Wildman–Crippen LogP) is 1.44. The van der Waals surface area contributed by atoms with Crippen LogP contribution in [0, 0.1) is 17.2 Å². The fraction of sp³-hybridized carbons (Fsp3) is 0.857. The molecule has 0 radical (unpaired) electrons. The maximum atomic E-state index is 12.2. The van der Waals surface area contributed by atoms with Gasteiger partial charge in [0.15, 0.2) is 0 Å². The molecule has 1 saturated heterocycles. The fourth-order valence-electron chi connectivity index (χ4n) is 1.37. The van der Waals surface area contributed by atoms with Crippen molar-refractivity contribution in [3.8, 4) is 6.07 Å². The molecule has 1 aliphatic rings. The van der Waals surface area contributed by atoms with Gasteiger partial charge in [0.05, 0.1) is 12.0 Å². The second-order valence-electron chi connectivity index (χ2n) is 2.85. The molecular weight excluding hydrogens is 169 g/mol. The van der Waals surface area contributed by atoms with E-state index in [1.165, 1.54) is 0 Å². The van der Waals surface area contributed by atoms with Gasteiger partial charge in [0.2, 0.25) is 0 Å². The second-order valence-corrected chi connectivity index (χ2v) is 2.85. The summed E-state index contributed by atoms with van der Waals surface area (Å²) in [4.78, 5) is 0. The zero-order chi connectivity index (χ0) is 9.19. The second kappa shape index (κ2) is 3.31. The normalized spacial score (nSPS) is 31.2. The molecule has 5 heteroatoms. The minimum Gasteiger partial charge on any atom is -0.305 e. The van der Waals surface area contributed by atoms with E-state index < -0.39 is 18.1 Å².